The van der Waals surface area contributed by atoms with Crippen LogP contribution in [0.15, 0.2) is 35.4 Å². The Labute approximate surface area is 167 Å². The number of ether oxygens (including phenoxy) is 1. The van der Waals surface area contributed by atoms with Gasteiger partial charge in [0.15, 0.2) is 5.78 Å². The molecule has 2 aromatic heterocycles. The summed E-state index contributed by atoms with van der Waals surface area (Å²) in [6.07, 6.45) is 3.73. The third-order valence-corrected chi connectivity index (χ3v) is 5.62. The van der Waals surface area contributed by atoms with Gasteiger partial charge in [-0.2, -0.15) is 0 Å². The van der Waals surface area contributed by atoms with Crippen molar-refractivity contribution in [2.75, 3.05) is 6.61 Å². The number of nitrogens with zero attached hydrogens (tertiary/aromatic N) is 3. The molecule has 1 atom stereocenters. The molecular weight excluding hydrogens is 378 g/mol. The number of rotatable bonds is 5. The molecule has 1 unspecified atom stereocenters. The first kappa shape index (κ1) is 18.9. The van der Waals surface area contributed by atoms with E-state index in [0.29, 0.717) is 21.5 Å². The second-order valence-corrected chi connectivity index (χ2v) is 7.73. The molecule has 0 saturated carbocycles. The molecule has 3 aromatic rings. The Kier molecular flexibility index (Phi) is 5.08. The SMILES string of the molecule is Cc1cc(C(=O)Cn2cnc3cc(Cl)ccc3c2=O)c(C)n1CC1CCCO1. The van der Waals surface area contributed by atoms with Gasteiger partial charge >= 0.3 is 0 Å². The number of fused-ring (bicyclic) bond motifs is 1. The Hall–Kier alpha value is -2.44. The van der Waals surface area contributed by atoms with Gasteiger partial charge in [-0.05, 0) is 51.0 Å². The molecular formula is C21H22ClN3O3. The molecule has 146 valence electrons. The number of hydrogen-bond acceptors (Lipinski definition) is 4. The summed E-state index contributed by atoms with van der Waals surface area (Å²) in [6, 6.07) is 6.83. The highest BCUT2D eigenvalue weighted by atomic mass is 35.5. The van der Waals surface area contributed by atoms with Gasteiger partial charge in [-0.3, -0.25) is 14.2 Å². The lowest BCUT2D eigenvalue weighted by molar-refractivity contribution is 0.0948. The van der Waals surface area contributed by atoms with Crippen LogP contribution in [0.1, 0.15) is 34.6 Å². The molecule has 1 aromatic carbocycles. The Bertz CT molecular complexity index is 1110. The largest absolute Gasteiger partial charge is 0.376 e. The van der Waals surface area contributed by atoms with E-state index in [4.69, 9.17) is 16.3 Å². The fraction of sp³-hybridized carbons (Fsp3) is 0.381. The number of aromatic nitrogens is 3. The summed E-state index contributed by atoms with van der Waals surface area (Å²) < 4.78 is 9.21. The van der Waals surface area contributed by atoms with Crippen molar-refractivity contribution in [2.45, 2.75) is 45.9 Å². The Morgan fingerprint density at radius 3 is 2.89 bits per heavy atom. The zero-order valence-corrected chi connectivity index (χ0v) is 16.7. The lowest BCUT2D eigenvalue weighted by Gasteiger charge is -2.15. The van der Waals surface area contributed by atoms with E-state index in [1.165, 1.54) is 10.9 Å². The molecule has 0 bridgehead atoms. The molecule has 28 heavy (non-hydrogen) atoms. The smallest absolute Gasteiger partial charge is 0.261 e. The van der Waals surface area contributed by atoms with Gasteiger partial charge < -0.3 is 9.30 Å². The predicted molar refractivity (Wildman–Crippen MR) is 108 cm³/mol. The van der Waals surface area contributed by atoms with Crippen LogP contribution in [0, 0.1) is 13.8 Å². The van der Waals surface area contributed by atoms with Crippen LogP contribution in [0.25, 0.3) is 10.9 Å². The lowest BCUT2D eigenvalue weighted by Crippen LogP contribution is -2.25. The Morgan fingerprint density at radius 2 is 2.14 bits per heavy atom. The van der Waals surface area contributed by atoms with E-state index in [1.54, 1.807) is 18.2 Å². The third-order valence-electron chi connectivity index (χ3n) is 5.39. The summed E-state index contributed by atoms with van der Waals surface area (Å²) in [6.45, 7) is 5.45. The molecule has 1 saturated heterocycles. The molecule has 1 fully saturated rings. The molecule has 0 N–H and O–H groups in total. The fourth-order valence-electron chi connectivity index (χ4n) is 3.84. The van der Waals surface area contributed by atoms with Crippen LogP contribution in [0.3, 0.4) is 0 Å². The average molecular weight is 400 g/mol. The number of benzene rings is 1. The van der Waals surface area contributed by atoms with Crippen molar-refractivity contribution in [3.8, 4) is 0 Å². The van der Waals surface area contributed by atoms with Crippen molar-refractivity contribution >= 4 is 28.3 Å². The fourth-order valence-corrected chi connectivity index (χ4v) is 4.01. The highest BCUT2D eigenvalue weighted by Crippen LogP contribution is 2.21. The van der Waals surface area contributed by atoms with Crippen LogP contribution in [-0.4, -0.2) is 32.6 Å². The molecule has 1 aliphatic heterocycles. The van der Waals surface area contributed by atoms with Gasteiger partial charge in [-0.25, -0.2) is 4.98 Å². The first-order valence-corrected chi connectivity index (χ1v) is 9.78. The van der Waals surface area contributed by atoms with E-state index in [2.05, 4.69) is 9.55 Å². The molecule has 0 radical (unpaired) electrons. The van der Waals surface area contributed by atoms with E-state index < -0.39 is 0 Å². The predicted octanol–water partition coefficient (Wildman–Crippen LogP) is 3.53. The van der Waals surface area contributed by atoms with Crippen LogP contribution in [-0.2, 0) is 17.8 Å². The molecule has 3 heterocycles. The van der Waals surface area contributed by atoms with Crippen LogP contribution in [0.5, 0.6) is 0 Å². The van der Waals surface area contributed by atoms with Gasteiger partial charge in [0.25, 0.3) is 5.56 Å². The number of aryl methyl sites for hydroxylation is 1. The number of halogens is 1. The number of carbonyl (C=O) groups is 1. The van der Waals surface area contributed by atoms with Crippen molar-refractivity contribution in [2.24, 2.45) is 0 Å². The van der Waals surface area contributed by atoms with Crippen LogP contribution in [0.2, 0.25) is 5.02 Å². The van der Waals surface area contributed by atoms with Gasteiger partial charge in [-0.15, -0.1) is 0 Å². The van der Waals surface area contributed by atoms with Crippen LogP contribution in [0.4, 0.5) is 0 Å². The monoisotopic (exact) mass is 399 g/mol. The van der Waals surface area contributed by atoms with E-state index >= 15 is 0 Å². The topological polar surface area (TPSA) is 66.1 Å². The molecule has 1 aliphatic rings. The van der Waals surface area contributed by atoms with Crippen molar-refractivity contribution in [3.05, 3.63) is 62.9 Å². The van der Waals surface area contributed by atoms with Crippen LogP contribution >= 0.6 is 11.6 Å². The van der Waals surface area contributed by atoms with Gasteiger partial charge in [0, 0.05) is 35.1 Å². The second-order valence-electron chi connectivity index (χ2n) is 7.29. The molecule has 0 amide bonds. The second kappa shape index (κ2) is 7.53. The first-order valence-electron chi connectivity index (χ1n) is 9.40. The molecule has 6 nitrogen and oxygen atoms in total. The number of carbonyl (C=O) groups excluding carboxylic acids is 1. The normalized spacial score (nSPS) is 16.8. The van der Waals surface area contributed by atoms with Crippen molar-refractivity contribution in [3.63, 3.8) is 0 Å². The van der Waals surface area contributed by atoms with Crippen molar-refractivity contribution < 1.29 is 9.53 Å². The van der Waals surface area contributed by atoms with Gasteiger partial charge in [-0.1, -0.05) is 11.6 Å². The summed E-state index contributed by atoms with van der Waals surface area (Å²) in [5.74, 6) is -0.107. The molecule has 0 aliphatic carbocycles. The van der Waals surface area contributed by atoms with Gasteiger partial charge in [0.05, 0.1) is 29.9 Å². The molecule has 4 rings (SSSR count). The maximum Gasteiger partial charge on any atom is 0.261 e. The quantitative estimate of drug-likeness (QED) is 0.615. The summed E-state index contributed by atoms with van der Waals surface area (Å²) in [5.41, 5.74) is 2.85. The zero-order valence-electron chi connectivity index (χ0n) is 15.9. The molecule has 7 heteroatoms. The number of Topliss-reactive ketones (excluding diaryl/α,β-unsaturated/α-hetero) is 1. The van der Waals surface area contributed by atoms with Gasteiger partial charge in [0.2, 0.25) is 0 Å². The van der Waals surface area contributed by atoms with Gasteiger partial charge in [0.1, 0.15) is 0 Å². The van der Waals surface area contributed by atoms with E-state index in [9.17, 15) is 9.59 Å². The lowest BCUT2D eigenvalue weighted by atomic mass is 10.1. The van der Waals surface area contributed by atoms with Crippen LogP contribution < -0.4 is 5.56 Å². The minimum atomic E-state index is -0.247. The standard InChI is InChI=1S/C21H22ClN3O3/c1-13-8-18(14(2)25(13)10-16-4-3-7-28-16)20(26)11-24-12-23-19-9-15(22)5-6-17(19)21(24)27/h5-6,8-9,12,16H,3-4,7,10-11H2,1-2H3. The number of hydrogen-bond donors (Lipinski definition) is 0. The summed E-state index contributed by atoms with van der Waals surface area (Å²) in [7, 11) is 0. The molecule has 0 spiro atoms. The minimum Gasteiger partial charge on any atom is -0.376 e. The zero-order chi connectivity index (χ0) is 19.8. The Morgan fingerprint density at radius 1 is 1.32 bits per heavy atom. The number of ketones is 1. The van der Waals surface area contributed by atoms with Crippen molar-refractivity contribution in [1.82, 2.24) is 14.1 Å². The highest BCUT2D eigenvalue weighted by Gasteiger charge is 2.21. The first-order chi connectivity index (χ1) is 13.4. The minimum absolute atomic E-state index is 0.0470. The third kappa shape index (κ3) is 3.50. The summed E-state index contributed by atoms with van der Waals surface area (Å²) in [5, 5.41) is 0.968. The average Bonchev–Trinajstić information content (AvgIpc) is 3.27. The maximum atomic E-state index is 12.9. The summed E-state index contributed by atoms with van der Waals surface area (Å²) >= 11 is 5.96. The van der Waals surface area contributed by atoms with Crippen molar-refractivity contribution in [1.29, 1.82) is 0 Å². The Balaban J connectivity index is 1.60. The summed E-state index contributed by atoms with van der Waals surface area (Å²) in [4.78, 5) is 29.9. The maximum absolute atomic E-state index is 12.9. The highest BCUT2D eigenvalue weighted by molar-refractivity contribution is 6.31. The van der Waals surface area contributed by atoms with E-state index in [0.717, 1.165) is 37.4 Å². The van der Waals surface area contributed by atoms with E-state index in [1.807, 2.05) is 19.9 Å². The van der Waals surface area contributed by atoms with E-state index in [-0.39, 0.29) is 24.0 Å².